The fourth-order valence-corrected chi connectivity index (χ4v) is 2.12. The van der Waals surface area contributed by atoms with E-state index in [2.05, 4.69) is 4.98 Å². The second-order valence-electron chi connectivity index (χ2n) is 4.28. The van der Waals surface area contributed by atoms with Gasteiger partial charge in [0.2, 0.25) is 0 Å². The van der Waals surface area contributed by atoms with E-state index >= 15 is 0 Å². The van der Waals surface area contributed by atoms with Gasteiger partial charge in [0.25, 0.3) is 0 Å². The molecule has 2 aromatic rings. The van der Waals surface area contributed by atoms with Gasteiger partial charge in [-0.05, 0) is 18.6 Å². The molecule has 1 atom stereocenters. The molecule has 100 valence electrons. The maximum Gasteiger partial charge on any atom is 0.133 e. The van der Waals surface area contributed by atoms with Crippen LogP contribution in [0.3, 0.4) is 0 Å². The molecule has 1 unspecified atom stereocenters. The van der Waals surface area contributed by atoms with Crippen LogP contribution >= 0.6 is 11.6 Å². The van der Waals surface area contributed by atoms with Gasteiger partial charge in [-0.3, -0.25) is 4.98 Å². The van der Waals surface area contributed by atoms with Crippen LogP contribution in [0.2, 0.25) is 0 Å². The van der Waals surface area contributed by atoms with E-state index in [0.717, 1.165) is 5.56 Å². The van der Waals surface area contributed by atoms with E-state index in [1.54, 1.807) is 12.3 Å². The summed E-state index contributed by atoms with van der Waals surface area (Å²) in [6, 6.07) is 4.82. The summed E-state index contributed by atoms with van der Waals surface area (Å²) in [7, 11) is 0. The zero-order chi connectivity index (χ0) is 14.0. The van der Waals surface area contributed by atoms with Crippen molar-refractivity contribution in [2.45, 2.75) is 18.7 Å². The lowest BCUT2D eigenvalue weighted by molar-refractivity contribution is 0.520. The molecule has 0 fully saturated rings. The van der Waals surface area contributed by atoms with Crippen molar-refractivity contribution in [3.8, 4) is 0 Å². The SMILES string of the molecule is Cc1ccc(CC(Cl)c2c(F)cc(F)cc2F)nc1. The molecule has 1 aromatic carbocycles. The monoisotopic (exact) mass is 285 g/mol. The van der Waals surface area contributed by atoms with Crippen LogP contribution < -0.4 is 0 Å². The number of benzene rings is 1. The quantitative estimate of drug-likeness (QED) is 0.765. The van der Waals surface area contributed by atoms with Gasteiger partial charge in [-0.25, -0.2) is 13.2 Å². The van der Waals surface area contributed by atoms with E-state index in [1.807, 2.05) is 13.0 Å². The van der Waals surface area contributed by atoms with E-state index in [9.17, 15) is 13.2 Å². The number of aryl methyl sites for hydroxylation is 1. The summed E-state index contributed by atoms with van der Waals surface area (Å²) < 4.78 is 39.9. The minimum Gasteiger partial charge on any atom is -0.261 e. The maximum atomic E-state index is 13.5. The summed E-state index contributed by atoms with van der Waals surface area (Å²) in [4.78, 5) is 4.12. The highest BCUT2D eigenvalue weighted by Crippen LogP contribution is 2.29. The molecule has 1 nitrogen and oxygen atoms in total. The lowest BCUT2D eigenvalue weighted by Crippen LogP contribution is -2.04. The molecule has 0 bridgehead atoms. The largest absolute Gasteiger partial charge is 0.261 e. The number of halogens is 4. The Morgan fingerprint density at radius 2 is 1.79 bits per heavy atom. The summed E-state index contributed by atoms with van der Waals surface area (Å²) in [6.45, 7) is 1.88. The van der Waals surface area contributed by atoms with Crippen LogP contribution in [0.25, 0.3) is 0 Å². The molecular weight excluding hydrogens is 275 g/mol. The lowest BCUT2D eigenvalue weighted by atomic mass is 10.1. The van der Waals surface area contributed by atoms with Crippen LogP contribution in [0, 0.1) is 24.4 Å². The smallest absolute Gasteiger partial charge is 0.133 e. The highest BCUT2D eigenvalue weighted by Gasteiger charge is 2.20. The van der Waals surface area contributed by atoms with Crippen LogP contribution in [-0.2, 0) is 6.42 Å². The van der Waals surface area contributed by atoms with E-state index < -0.39 is 22.8 Å². The molecule has 0 aliphatic rings. The molecule has 19 heavy (non-hydrogen) atoms. The first-order valence-corrected chi connectivity index (χ1v) is 6.11. The molecule has 0 radical (unpaired) electrons. The van der Waals surface area contributed by atoms with E-state index in [-0.39, 0.29) is 12.0 Å². The predicted octanol–water partition coefficient (Wildman–Crippen LogP) is 4.33. The number of aromatic nitrogens is 1. The summed E-state index contributed by atoms with van der Waals surface area (Å²) in [5.74, 6) is -2.93. The Morgan fingerprint density at radius 3 is 2.32 bits per heavy atom. The van der Waals surface area contributed by atoms with Gasteiger partial charge in [0, 0.05) is 36.0 Å². The summed E-state index contributed by atoms with van der Waals surface area (Å²) in [5, 5.41) is -0.934. The van der Waals surface area contributed by atoms with Crippen LogP contribution in [0.1, 0.15) is 22.2 Å². The summed E-state index contributed by atoms with van der Waals surface area (Å²) >= 11 is 6.00. The number of rotatable bonds is 3. The summed E-state index contributed by atoms with van der Waals surface area (Å²) in [6.07, 6.45) is 1.82. The Hall–Kier alpha value is -1.55. The molecule has 1 aromatic heterocycles. The van der Waals surface area contributed by atoms with Crippen molar-refractivity contribution < 1.29 is 13.2 Å². The van der Waals surface area contributed by atoms with Crippen LogP contribution in [0.4, 0.5) is 13.2 Å². The van der Waals surface area contributed by atoms with Crippen molar-refractivity contribution in [1.82, 2.24) is 4.98 Å². The molecule has 0 amide bonds. The molecule has 5 heteroatoms. The normalized spacial score (nSPS) is 12.5. The van der Waals surface area contributed by atoms with Crippen LogP contribution in [0.5, 0.6) is 0 Å². The molecule has 2 rings (SSSR count). The zero-order valence-electron chi connectivity index (χ0n) is 10.1. The lowest BCUT2D eigenvalue weighted by Gasteiger charge is -2.12. The first-order chi connectivity index (χ1) is 8.97. The average Bonchev–Trinajstić information content (AvgIpc) is 2.30. The van der Waals surface area contributed by atoms with Gasteiger partial charge in [-0.1, -0.05) is 6.07 Å². The Bertz CT molecular complexity index is 561. The second kappa shape index (κ2) is 5.61. The number of hydrogen-bond acceptors (Lipinski definition) is 1. The molecule has 0 aliphatic carbocycles. The molecule has 0 saturated carbocycles. The Kier molecular flexibility index (Phi) is 4.10. The van der Waals surface area contributed by atoms with Gasteiger partial charge >= 0.3 is 0 Å². The number of alkyl halides is 1. The minimum absolute atomic E-state index is 0.168. The second-order valence-corrected chi connectivity index (χ2v) is 4.81. The third-order valence-corrected chi connectivity index (χ3v) is 3.09. The zero-order valence-corrected chi connectivity index (χ0v) is 10.9. The minimum atomic E-state index is -0.982. The van der Waals surface area contributed by atoms with Crippen molar-refractivity contribution in [3.05, 3.63) is 64.7 Å². The van der Waals surface area contributed by atoms with E-state index in [4.69, 9.17) is 11.6 Å². The first-order valence-electron chi connectivity index (χ1n) is 5.67. The summed E-state index contributed by atoms with van der Waals surface area (Å²) in [5.41, 5.74) is 1.27. The molecule has 0 aliphatic heterocycles. The van der Waals surface area contributed by atoms with Crippen LogP contribution in [0.15, 0.2) is 30.5 Å². The van der Waals surface area contributed by atoms with E-state index in [1.165, 1.54) is 0 Å². The first kappa shape index (κ1) is 13.9. The third kappa shape index (κ3) is 3.26. The third-order valence-electron chi connectivity index (χ3n) is 2.72. The van der Waals surface area contributed by atoms with Crippen LogP contribution in [-0.4, -0.2) is 4.98 Å². The van der Waals surface area contributed by atoms with Gasteiger partial charge in [-0.2, -0.15) is 0 Å². The molecule has 0 spiro atoms. The Morgan fingerprint density at radius 1 is 1.16 bits per heavy atom. The highest BCUT2D eigenvalue weighted by atomic mass is 35.5. The van der Waals surface area contributed by atoms with Gasteiger partial charge in [-0.15, -0.1) is 11.6 Å². The van der Waals surface area contributed by atoms with Crippen molar-refractivity contribution in [2.24, 2.45) is 0 Å². The fourth-order valence-electron chi connectivity index (χ4n) is 1.76. The maximum absolute atomic E-state index is 13.5. The van der Waals surface area contributed by atoms with Gasteiger partial charge in [0.1, 0.15) is 17.5 Å². The van der Waals surface area contributed by atoms with E-state index in [0.29, 0.717) is 17.8 Å². The predicted molar refractivity (Wildman–Crippen MR) is 67.6 cm³/mol. The van der Waals surface area contributed by atoms with Crippen molar-refractivity contribution in [1.29, 1.82) is 0 Å². The van der Waals surface area contributed by atoms with Gasteiger partial charge in [0.15, 0.2) is 0 Å². The number of nitrogens with zero attached hydrogens (tertiary/aromatic N) is 1. The van der Waals surface area contributed by atoms with Crippen molar-refractivity contribution in [2.75, 3.05) is 0 Å². The Balaban J connectivity index is 2.25. The Labute approximate surface area is 114 Å². The van der Waals surface area contributed by atoms with Gasteiger partial charge in [0.05, 0.1) is 5.38 Å². The van der Waals surface area contributed by atoms with Crippen molar-refractivity contribution >= 4 is 11.6 Å². The average molecular weight is 286 g/mol. The standard InChI is InChI=1S/C14H11ClF3N/c1-8-2-3-10(19-7-8)6-11(15)14-12(17)4-9(16)5-13(14)18/h2-5,7,11H,6H2,1H3. The highest BCUT2D eigenvalue weighted by molar-refractivity contribution is 6.20. The molecule has 0 saturated heterocycles. The topological polar surface area (TPSA) is 12.9 Å². The van der Waals surface area contributed by atoms with Crippen molar-refractivity contribution in [3.63, 3.8) is 0 Å². The number of hydrogen-bond donors (Lipinski definition) is 0. The molecule has 1 heterocycles. The van der Waals surface area contributed by atoms with Gasteiger partial charge < -0.3 is 0 Å². The molecule has 0 N–H and O–H groups in total. The fraction of sp³-hybridized carbons (Fsp3) is 0.214. The number of pyridine rings is 1. The molecular formula is C14H11ClF3N.